The Kier molecular flexibility index (Phi) is 7.23. The molecule has 0 saturated carbocycles. The summed E-state index contributed by atoms with van der Waals surface area (Å²) in [6.45, 7) is -0.130. The number of carbonyl (C=O) groups is 1. The van der Waals surface area contributed by atoms with Gasteiger partial charge < -0.3 is 9.88 Å². The zero-order valence-corrected chi connectivity index (χ0v) is 20.6. The molecule has 14 heteroatoms. The predicted molar refractivity (Wildman–Crippen MR) is 133 cm³/mol. The van der Waals surface area contributed by atoms with Gasteiger partial charge in [-0.1, -0.05) is 36.4 Å². The van der Waals surface area contributed by atoms with Crippen LogP contribution < -0.4 is 10.9 Å². The van der Waals surface area contributed by atoms with Crippen molar-refractivity contribution in [2.75, 3.05) is 0 Å². The van der Waals surface area contributed by atoms with Crippen LogP contribution in [0.1, 0.15) is 32.7 Å². The lowest BCUT2D eigenvalue weighted by Crippen LogP contribution is -2.26. The summed E-state index contributed by atoms with van der Waals surface area (Å²) < 4.78 is 59.5. The first-order valence-electron chi connectivity index (χ1n) is 11.9. The molecule has 40 heavy (non-hydrogen) atoms. The van der Waals surface area contributed by atoms with Crippen molar-refractivity contribution in [3.63, 3.8) is 0 Å². The van der Waals surface area contributed by atoms with Crippen molar-refractivity contribution >= 4 is 5.91 Å². The summed E-state index contributed by atoms with van der Waals surface area (Å²) in [6, 6.07) is 15.8. The van der Waals surface area contributed by atoms with Crippen LogP contribution in [0, 0.1) is 5.82 Å². The number of alkyl halides is 3. The molecule has 0 bridgehead atoms. The van der Waals surface area contributed by atoms with Gasteiger partial charge in [0.05, 0.1) is 24.3 Å². The van der Waals surface area contributed by atoms with Crippen molar-refractivity contribution in [3.8, 4) is 5.69 Å². The van der Waals surface area contributed by atoms with Crippen LogP contribution in [0.25, 0.3) is 5.69 Å². The van der Waals surface area contributed by atoms with Crippen molar-refractivity contribution < 1.29 is 22.4 Å². The van der Waals surface area contributed by atoms with Gasteiger partial charge in [0.1, 0.15) is 12.1 Å². The highest BCUT2D eigenvalue weighted by Gasteiger charge is 2.39. The second kappa shape index (κ2) is 10.9. The van der Waals surface area contributed by atoms with Gasteiger partial charge in [0, 0.05) is 30.6 Å². The van der Waals surface area contributed by atoms with Gasteiger partial charge in [-0.05, 0) is 39.8 Å². The number of nitrogens with zero attached hydrogens (tertiary/aromatic N) is 7. The second-order valence-electron chi connectivity index (χ2n) is 8.74. The molecule has 1 N–H and O–H groups in total. The molecule has 5 aromatic rings. The Morgan fingerprint density at radius 3 is 2.38 bits per heavy atom. The lowest BCUT2D eigenvalue weighted by Gasteiger charge is -2.11. The van der Waals surface area contributed by atoms with Crippen molar-refractivity contribution in [2.45, 2.75) is 25.8 Å². The number of halogens is 4. The molecule has 0 radical (unpaired) electrons. The maximum Gasteiger partial charge on any atom is 0.435 e. The molecule has 0 atom stereocenters. The fourth-order valence-corrected chi connectivity index (χ4v) is 4.08. The highest BCUT2D eigenvalue weighted by atomic mass is 19.4. The van der Waals surface area contributed by atoms with Gasteiger partial charge in [0.15, 0.2) is 5.69 Å². The Labute approximate surface area is 223 Å². The van der Waals surface area contributed by atoms with Crippen molar-refractivity contribution in [1.82, 2.24) is 39.9 Å². The first-order valence-corrected chi connectivity index (χ1v) is 11.9. The number of benzene rings is 2. The van der Waals surface area contributed by atoms with Gasteiger partial charge in [-0.15, -0.1) is 5.10 Å². The van der Waals surface area contributed by atoms with Crippen molar-refractivity contribution in [1.29, 1.82) is 0 Å². The summed E-state index contributed by atoms with van der Waals surface area (Å²) in [4.78, 5) is 24.8. The third-order valence-corrected chi connectivity index (χ3v) is 6.01. The molecule has 0 unspecified atom stereocenters. The predicted octanol–water partition coefficient (Wildman–Crippen LogP) is 3.21. The van der Waals surface area contributed by atoms with E-state index in [9.17, 15) is 27.2 Å². The zero-order chi connectivity index (χ0) is 28.3. The van der Waals surface area contributed by atoms with Gasteiger partial charge >= 0.3 is 6.18 Å². The molecule has 2 aromatic carbocycles. The van der Waals surface area contributed by atoms with Crippen LogP contribution in [0.4, 0.5) is 17.6 Å². The minimum atomic E-state index is -4.90. The maximum atomic E-state index is 14.5. The van der Waals surface area contributed by atoms with E-state index in [4.69, 9.17) is 0 Å². The molecule has 0 aliphatic carbocycles. The number of rotatable bonds is 8. The van der Waals surface area contributed by atoms with E-state index in [1.807, 2.05) is 0 Å². The molecule has 3 aromatic heterocycles. The molecule has 10 nitrogen and oxygen atoms in total. The van der Waals surface area contributed by atoms with E-state index in [1.165, 1.54) is 33.8 Å². The third kappa shape index (κ3) is 5.80. The number of nitrogens with one attached hydrogen (secondary N) is 1. The van der Waals surface area contributed by atoms with E-state index in [-0.39, 0.29) is 23.4 Å². The average molecular weight is 552 g/mol. The van der Waals surface area contributed by atoms with Crippen molar-refractivity contribution in [3.05, 3.63) is 124 Å². The molecule has 0 fully saturated rings. The van der Waals surface area contributed by atoms with E-state index >= 15 is 0 Å². The molecular formula is C26H20F4N8O2. The van der Waals surface area contributed by atoms with E-state index in [0.29, 0.717) is 12.1 Å². The zero-order valence-electron chi connectivity index (χ0n) is 20.6. The number of hydrogen-bond donors (Lipinski definition) is 1. The summed E-state index contributed by atoms with van der Waals surface area (Å²) in [5, 5.41) is 16.6. The fourth-order valence-electron chi connectivity index (χ4n) is 4.08. The van der Waals surface area contributed by atoms with E-state index in [1.54, 1.807) is 42.6 Å². The molecule has 0 spiro atoms. The topological polar surface area (TPSA) is 113 Å². The minimum Gasteiger partial charge on any atom is -0.348 e. The highest BCUT2D eigenvalue weighted by molar-refractivity contribution is 5.95. The lowest BCUT2D eigenvalue weighted by molar-refractivity contribution is -0.141. The van der Waals surface area contributed by atoms with Crippen LogP contribution >= 0.6 is 0 Å². The van der Waals surface area contributed by atoms with Gasteiger partial charge in [-0.3, -0.25) is 14.3 Å². The minimum absolute atomic E-state index is 0.0121. The molecule has 204 valence electrons. The summed E-state index contributed by atoms with van der Waals surface area (Å²) in [7, 11) is 0. The number of pyridine rings is 1. The van der Waals surface area contributed by atoms with Crippen LogP contribution in [-0.2, 0) is 25.8 Å². The second-order valence-corrected chi connectivity index (χ2v) is 8.74. The largest absolute Gasteiger partial charge is 0.435 e. The van der Waals surface area contributed by atoms with Crippen LogP contribution in [0.15, 0.2) is 84.2 Å². The van der Waals surface area contributed by atoms with Gasteiger partial charge in [0.25, 0.3) is 11.5 Å². The normalized spacial score (nSPS) is 11.5. The molecule has 0 aliphatic rings. The summed E-state index contributed by atoms with van der Waals surface area (Å²) in [6.07, 6.45) is -1.02. The summed E-state index contributed by atoms with van der Waals surface area (Å²) in [5.74, 6) is -1.77. The van der Waals surface area contributed by atoms with Crippen LogP contribution in [0.3, 0.4) is 0 Å². The quantitative estimate of drug-likeness (QED) is 0.296. The van der Waals surface area contributed by atoms with Crippen molar-refractivity contribution in [2.24, 2.45) is 0 Å². The first kappa shape index (κ1) is 26.5. The molecule has 0 saturated heterocycles. The Hall–Kier alpha value is -5.14. The maximum absolute atomic E-state index is 14.5. The lowest BCUT2D eigenvalue weighted by atomic mass is 10.1. The van der Waals surface area contributed by atoms with Crippen LogP contribution in [0.5, 0.6) is 0 Å². The Balaban J connectivity index is 1.33. The van der Waals surface area contributed by atoms with Gasteiger partial charge in [-0.2, -0.15) is 18.3 Å². The monoisotopic (exact) mass is 552 g/mol. The van der Waals surface area contributed by atoms with Gasteiger partial charge in [-0.25, -0.2) is 9.07 Å². The Morgan fingerprint density at radius 2 is 1.70 bits per heavy atom. The molecule has 0 aliphatic heterocycles. The number of hydrogen-bond acceptors (Lipinski definition) is 6. The van der Waals surface area contributed by atoms with Gasteiger partial charge in [0.2, 0.25) is 0 Å². The van der Waals surface area contributed by atoms with Crippen LogP contribution in [0.2, 0.25) is 0 Å². The fraction of sp³-hybridized carbons (Fsp3) is 0.154. The Morgan fingerprint density at radius 1 is 0.950 bits per heavy atom. The molecule has 5 rings (SSSR count). The average Bonchev–Trinajstić information content (AvgIpc) is 3.61. The summed E-state index contributed by atoms with van der Waals surface area (Å²) in [5.41, 5.74) is -0.561. The standard InChI is InChI=1S/C26H20F4N8O2/c27-21-4-3-5-22(38-16-32-34-35-38)19(21)12-31-25(40)20-15-37(33-24(20)26(28,29)30)14-18-9-7-17(8-10-18)13-36-11-2-1-6-23(36)39/h1-11,15-16H,12-14H2,(H,31,40). The number of tetrazole rings is 1. The summed E-state index contributed by atoms with van der Waals surface area (Å²) >= 11 is 0. The van der Waals surface area contributed by atoms with E-state index in [0.717, 1.165) is 22.5 Å². The van der Waals surface area contributed by atoms with E-state index in [2.05, 4.69) is 25.9 Å². The number of carbonyl (C=O) groups excluding carboxylic acids is 1. The molecular weight excluding hydrogens is 532 g/mol. The third-order valence-electron chi connectivity index (χ3n) is 6.01. The van der Waals surface area contributed by atoms with E-state index < -0.39 is 35.7 Å². The molecule has 3 heterocycles. The smallest absolute Gasteiger partial charge is 0.348 e. The number of amides is 1. The SMILES string of the molecule is O=C(NCc1c(F)cccc1-n1cnnn1)c1cn(Cc2ccc(Cn3ccccc3=O)cc2)nc1C(F)(F)F. The first-order chi connectivity index (χ1) is 19.2. The highest BCUT2D eigenvalue weighted by Crippen LogP contribution is 2.31. The Bertz CT molecular complexity index is 1690. The molecule has 1 amide bonds. The van der Waals surface area contributed by atoms with Crippen LogP contribution in [-0.4, -0.2) is 40.5 Å². The number of aromatic nitrogens is 7.